The molecule has 3 aliphatic heterocycles. The third-order valence-electron chi connectivity index (χ3n) is 18.2. The fourth-order valence-electron chi connectivity index (χ4n) is 12.4. The Labute approximate surface area is 519 Å². The molecule has 1 amide bonds. The molecule has 0 radical (unpaired) electrons. The van der Waals surface area contributed by atoms with Gasteiger partial charge in [0, 0.05) is 6.42 Å². The predicted molar refractivity (Wildman–Crippen MR) is 333 cm³/mol. The van der Waals surface area contributed by atoms with Crippen molar-refractivity contribution in [3.63, 3.8) is 0 Å². The Morgan fingerprint density at radius 1 is 0.372 bits per heavy atom. The first kappa shape index (κ1) is 79.0. The molecule has 0 bridgehead atoms. The molecule has 3 rings (SSSR count). The van der Waals surface area contributed by atoms with Crippen molar-refractivity contribution >= 4 is 5.91 Å². The molecule has 86 heavy (non-hydrogen) atoms. The van der Waals surface area contributed by atoms with Gasteiger partial charge in [0.2, 0.25) is 5.91 Å². The number of rotatable bonds is 55. The maximum atomic E-state index is 13.3. The van der Waals surface area contributed by atoms with E-state index in [1.54, 1.807) is 0 Å². The molecule has 3 saturated heterocycles. The Morgan fingerprint density at radius 2 is 0.663 bits per heavy atom. The number of carbonyl (C=O) groups excluding carboxylic acids is 1. The highest BCUT2D eigenvalue weighted by molar-refractivity contribution is 5.76. The number of hydrogen-bond donors (Lipinski definition) is 12. The SMILES string of the molecule is CCCCCCCCCCCCCCCCCCCCCCCCCCCCCCCCCCCC(O)C(COC1OC(CO)C(OC2OC(CO)C(OC3OC(CO)C(O)C(O)C3O)C(O)C2O)C(O)C1O)NC(=O)CCCCCCCCCC. The molecule has 19 nitrogen and oxygen atoms in total. The average molecular weight is 1240 g/mol. The number of amides is 1. The minimum Gasteiger partial charge on any atom is -0.394 e. The normalized spacial score (nSPS) is 28.7. The summed E-state index contributed by atoms with van der Waals surface area (Å²) in [5, 5.41) is 120. The standard InChI is InChI=1S/C67H129NO18/c1-3-5-7-9-11-13-14-15-16-17-18-19-20-21-22-23-24-25-26-27-28-29-30-31-32-33-34-35-36-37-38-40-42-44-51(72)50(68-55(73)45-43-41-39-12-10-8-6-4-2)49-81-65-61(79)58(76)63(53(47-70)83-65)86-67-62(80)59(77)64(54(48-71)84-67)85-66-60(78)57(75)56(74)52(46-69)82-66/h50-54,56-67,69-72,74-80H,3-49H2,1-2H3,(H,68,73). The van der Waals surface area contributed by atoms with Gasteiger partial charge in [-0.3, -0.25) is 4.79 Å². The monoisotopic (exact) mass is 1240 g/mol. The summed E-state index contributed by atoms with van der Waals surface area (Å²) in [6.45, 7) is 1.78. The van der Waals surface area contributed by atoms with E-state index in [4.69, 9.17) is 28.4 Å². The van der Waals surface area contributed by atoms with Crippen LogP contribution < -0.4 is 5.32 Å². The topological polar surface area (TPSA) is 307 Å². The summed E-state index contributed by atoms with van der Waals surface area (Å²) in [6, 6.07) is -0.879. The van der Waals surface area contributed by atoms with E-state index in [9.17, 15) is 61.0 Å². The van der Waals surface area contributed by atoms with Crippen LogP contribution in [0.4, 0.5) is 0 Å². The van der Waals surface area contributed by atoms with E-state index in [0.29, 0.717) is 12.8 Å². The average Bonchev–Trinajstić information content (AvgIpc) is 1.19. The summed E-state index contributed by atoms with van der Waals surface area (Å²) in [7, 11) is 0. The molecular weight excluding hydrogens is 1110 g/mol. The molecule has 0 aromatic rings. The van der Waals surface area contributed by atoms with Crippen LogP contribution in [0.3, 0.4) is 0 Å². The highest BCUT2D eigenvalue weighted by Crippen LogP contribution is 2.33. The quantitative estimate of drug-likeness (QED) is 0.0253. The maximum absolute atomic E-state index is 13.3. The van der Waals surface area contributed by atoms with Gasteiger partial charge in [-0.05, 0) is 12.8 Å². The van der Waals surface area contributed by atoms with Crippen LogP contribution in [-0.2, 0) is 33.2 Å². The van der Waals surface area contributed by atoms with Gasteiger partial charge in [-0.2, -0.15) is 0 Å². The van der Waals surface area contributed by atoms with Gasteiger partial charge < -0.3 is 89.9 Å². The number of unbranched alkanes of at least 4 members (excludes halogenated alkanes) is 39. The van der Waals surface area contributed by atoms with Crippen molar-refractivity contribution in [2.45, 2.75) is 394 Å². The second-order valence-electron chi connectivity index (χ2n) is 25.7. The minimum atomic E-state index is -1.97. The first-order chi connectivity index (χ1) is 41.8. The van der Waals surface area contributed by atoms with Gasteiger partial charge in [-0.15, -0.1) is 0 Å². The zero-order chi connectivity index (χ0) is 62.6. The molecule has 12 N–H and O–H groups in total. The van der Waals surface area contributed by atoms with Gasteiger partial charge in [-0.25, -0.2) is 0 Å². The smallest absolute Gasteiger partial charge is 0.220 e. The molecule has 3 aliphatic rings. The van der Waals surface area contributed by atoms with Gasteiger partial charge in [0.15, 0.2) is 18.9 Å². The fraction of sp³-hybridized carbons (Fsp3) is 0.985. The molecule has 17 atom stereocenters. The van der Waals surface area contributed by atoms with Gasteiger partial charge in [0.25, 0.3) is 0 Å². The first-order valence-corrected chi connectivity index (χ1v) is 35.3. The van der Waals surface area contributed by atoms with Gasteiger partial charge in [0.05, 0.1) is 38.6 Å². The second kappa shape index (κ2) is 50.4. The number of aliphatic hydroxyl groups excluding tert-OH is 11. The van der Waals surface area contributed by atoms with Gasteiger partial charge in [0.1, 0.15) is 73.2 Å². The van der Waals surface area contributed by atoms with E-state index >= 15 is 0 Å². The van der Waals surface area contributed by atoms with Crippen molar-refractivity contribution in [3.05, 3.63) is 0 Å². The molecule has 0 spiro atoms. The molecule has 0 aromatic carbocycles. The van der Waals surface area contributed by atoms with E-state index in [-0.39, 0.29) is 18.9 Å². The van der Waals surface area contributed by atoms with Crippen LogP contribution >= 0.6 is 0 Å². The summed E-state index contributed by atoms with van der Waals surface area (Å²) in [5.41, 5.74) is 0. The number of carbonyl (C=O) groups is 1. The molecule has 0 aromatic heterocycles. The van der Waals surface area contributed by atoms with Crippen molar-refractivity contribution in [1.29, 1.82) is 0 Å². The molecule has 17 unspecified atom stereocenters. The lowest BCUT2D eigenvalue weighted by molar-refractivity contribution is -0.379. The number of ether oxygens (including phenoxy) is 6. The van der Waals surface area contributed by atoms with Crippen LogP contribution in [0.15, 0.2) is 0 Å². The van der Waals surface area contributed by atoms with Crippen LogP contribution in [-0.4, -0.2) is 193 Å². The van der Waals surface area contributed by atoms with E-state index in [2.05, 4.69) is 19.2 Å². The molecule has 0 saturated carbocycles. The van der Waals surface area contributed by atoms with Crippen LogP contribution in [0.1, 0.15) is 290 Å². The van der Waals surface area contributed by atoms with Gasteiger partial charge in [-0.1, -0.05) is 271 Å². The highest BCUT2D eigenvalue weighted by atomic mass is 16.8. The summed E-state index contributed by atoms with van der Waals surface area (Å²) >= 11 is 0. The lowest BCUT2D eigenvalue weighted by Crippen LogP contribution is -2.66. The van der Waals surface area contributed by atoms with Gasteiger partial charge >= 0.3 is 0 Å². The number of hydrogen-bond acceptors (Lipinski definition) is 18. The Morgan fingerprint density at radius 3 is 1.01 bits per heavy atom. The number of nitrogens with one attached hydrogen (secondary N) is 1. The van der Waals surface area contributed by atoms with Crippen molar-refractivity contribution in [2.75, 3.05) is 26.4 Å². The molecule has 510 valence electrons. The summed E-state index contributed by atoms with van der Waals surface area (Å²) < 4.78 is 34.3. The minimum absolute atomic E-state index is 0.244. The molecule has 3 fully saturated rings. The predicted octanol–water partition coefficient (Wildman–Crippen LogP) is 9.11. The van der Waals surface area contributed by atoms with E-state index < -0.39 is 124 Å². The first-order valence-electron chi connectivity index (χ1n) is 35.3. The maximum Gasteiger partial charge on any atom is 0.220 e. The Hall–Kier alpha value is -1.21. The highest BCUT2D eigenvalue weighted by Gasteiger charge is 2.53. The molecular formula is C67H129NO18. The summed E-state index contributed by atoms with van der Waals surface area (Å²) in [5.74, 6) is -0.244. The molecule has 19 heteroatoms. The lowest BCUT2D eigenvalue weighted by Gasteiger charge is -2.48. The Balaban J connectivity index is 1.31. The van der Waals surface area contributed by atoms with Crippen LogP contribution in [0.5, 0.6) is 0 Å². The van der Waals surface area contributed by atoms with Crippen molar-refractivity contribution in [3.8, 4) is 0 Å². The summed E-state index contributed by atoms with van der Waals surface area (Å²) in [6.07, 6.45) is 26.8. The van der Waals surface area contributed by atoms with E-state index in [0.717, 1.165) is 44.9 Å². The summed E-state index contributed by atoms with van der Waals surface area (Å²) in [4.78, 5) is 13.3. The molecule has 3 heterocycles. The Bertz CT molecular complexity index is 1570. The third kappa shape index (κ3) is 32.4. The largest absolute Gasteiger partial charge is 0.394 e. The van der Waals surface area contributed by atoms with E-state index in [1.165, 1.54) is 212 Å². The Kier molecular flexibility index (Phi) is 46.3. The zero-order valence-corrected chi connectivity index (χ0v) is 53.8. The van der Waals surface area contributed by atoms with Crippen LogP contribution in [0, 0.1) is 0 Å². The number of aliphatic hydroxyl groups is 11. The van der Waals surface area contributed by atoms with Crippen molar-refractivity contribution in [1.82, 2.24) is 5.32 Å². The van der Waals surface area contributed by atoms with Crippen LogP contribution in [0.2, 0.25) is 0 Å². The van der Waals surface area contributed by atoms with Crippen molar-refractivity contribution in [2.24, 2.45) is 0 Å². The van der Waals surface area contributed by atoms with E-state index in [1.807, 2.05) is 0 Å². The molecule has 0 aliphatic carbocycles. The fourth-order valence-corrected chi connectivity index (χ4v) is 12.4. The second-order valence-corrected chi connectivity index (χ2v) is 25.7. The van der Waals surface area contributed by atoms with Crippen molar-refractivity contribution < 1.29 is 89.4 Å². The van der Waals surface area contributed by atoms with Crippen LogP contribution in [0.25, 0.3) is 0 Å². The zero-order valence-electron chi connectivity index (χ0n) is 53.8. The third-order valence-corrected chi connectivity index (χ3v) is 18.2. The lowest BCUT2D eigenvalue weighted by atomic mass is 9.96.